The number of carbonyl (C=O) groups excluding carboxylic acids is 2. The van der Waals surface area contributed by atoms with Crippen LogP contribution in [0.4, 0.5) is 4.39 Å². The summed E-state index contributed by atoms with van der Waals surface area (Å²) < 4.78 is 18.9. The third-order valence-electron chi connectivity index (χ3n) is 6.78. The topological polar surface area (TPSA) is 87.7 Å². The Morgan fingerprint density at radius 1 is 1.12 bits per heavy atom. The molecule has 0 saturated heterocycles. The van der Waals surface area contributed by atoms with Crippen molar-refractivity contribution in [2.45, 2.75) is 50.3 Å². The number of hydrogen-bond donors (Lipinski definition) is 3. The van der Waals surface area contributed by atoms with Crippen molar-refractivity contribution < 1.29 is 23.8 Å². The summed E-state index contributed by atoms with van der Waals surface area (Å²) in [4.78, 5) is 25.5. The van der Waals surface area contributed by atoms with E-state index in [0.717, 1.165) is 11.6 Å². The first-order valence-corrected chi connectivity index (χ1v) is 11.6. The summed E-state index contributed by atoms with van der Waals surface area (Å²) in [5.74, 6) is -0.965. The smallest absolute Gasteiger partial charge is 0.258 e. The van der Waals surface area contributed by atoms with Crippen molar-refractivity contribution in [3.05, 3.63) is 63.9 Å². The van der Waals surface area contributed by atoms with Crippen molar-refractivity contribution in [2.75, 3.05) is 6.61 Å². The van der Waals surface area contributed by atoms with E-state index in [2.05, 4.69) is 10.6 Å². The van der Waals surface area contributed by atoms with Crippen molar-refractivity contribution in [1.29, 1.82) is 0 Å². The number of aliphatic hydroxyl groups is 1. The van der Waals surface area contributed by atoms with Gasteiger partial charge in [-0.05, 0) is 61.9 Å². The van der Waals surface area contributed by atoms with Crippen LogP contribution >= 0.6 is 23.2 Å². The molecule has 5 rings (SSSR count). The average Bonchev–Trinajstić information content (AvgIpc) is 2.79. The zero-order valence-corrected chi connectivity index (χ0v) is 19.4. The lowest BCUT2D eigenvalue weighted by atomic mass is 9.55. The second-order valence-electron chi connectivity index (χ2n) is 8.88. The van der Waals surface area contributed by atoms with Crippen molar-refractivity contribution in [2.24, 2.45) is 5.41 Å². The minimum absolute atomic E-state index is 0.0239. The zero-order valence-electron chi connectivity index (χ0n) is 17.9. The van der Waals surface area contributed by atoms with Crippen molar-refractivity contribution in [3.8, 4) is 5.75 Å². The first-order valence-electron chi connectivity index (χ1n) is 10.8. The lowest BCUT2D eigenvalue weighted by Gasteiger charge is -2.55. The van der Waals surface area contributed by atoms with Gasteiger partial charge in [0.2, 0.25) is 5.91 Å². The fourth-order valence-electron chi connectivity index (χ4n) is 4.88. The highest BCUT2D eigenvalue weighted by molar-refractivity contribution is 6.31. The number of hydrogen-bond acceptors (Lipinski definition) is 4. The molecule has 3 saturated carbocycles. The fraction of sp³-hybridized carbons (Fsp3) is 0.417. The molecule has 0 heterocycles. The number of aliphatic hydroxyl groups excluding tert-OH is 1. The first kappa shape index (κ1) is 23.8. The molecule has 0 spiro atoms. The Hall–Kier alpha value is -2.35. The third kappa shape index (κ3) is 5.10. The molecule has 3 aliphatic carbocycles. The Bertz CT molecular complexity index is 1060. The van der Waals surface area contributed by atoms with Crippen LogP contribution in [0.3, 0.4) is 0 Å². The number of ether oxygens (including phenoxy) is 1. The van der Waals surface area contributed by atoms with E-state index in [9.17, 15) is 19.1 Å². The van der Waals surface area contributed by atoms with E-state index in [-0.39, 0.29) is 29.2 Å². The van der Waals surface area contributed by atoms with E-state index in [1.54, 1.807) is 12.1 Å². The molecular formula is C24H25Cl2FN2O4. The third-order valence-corrected chi connectivity index (χ3v) is 7.32. The normalized spacial score (nSPS) is 26.0. The number of benzene rings is 2. The van der Waals surface area contributed by atoms with Crippen LogP contribution in [-0.4, -0.2) is 35.2 Å². The maximum Gasteiger partial charge on any atom is 0.258 e. The molecule has 3 N–H and O–H groups in total. The monoisotopic (exact) mass is 494 g/mol. The summed E-state index contributed by atoms with van der Waals surface area (Å²) in [6.45, 7) is 0.0442. The summed E-state index contributed by atoms with van der Waals surface area (Å²) >= 11 is 11.7. The number of rotatable bonds is 7. The Labute approximate surface area is 201 Å². The number of amides is 2. The van der Waals surface area contributed by atoms with Gasteiger partial charge in [0.15, 0.2) is 6.61 Å². The van der Waals surface area contributed by atoms with Gasteiger partial charge < -0.3 is 20.5 Å². The van der Waals surface area contributed by atoms with E-state index in [1.165, 1.54) is 12.1 Å². The molecule has 9 heteroatoms. The lowest BCUT2D eigenvalue weighted by Crippen LogP contribution is -2.65. The zero-order chi connectivity index (χ0) is 23.6. The molecule has 2 aromatic rings. The van der Waals surface area contributed by atoms with Gasteiger partial charge >= 0.3 is 0 Å². The Morgan fingerprint density at radius 3 is 2.55 bits per heavy atom. The predicted octanol–water partition coefficient (Wildman–Crippen LogP) is 4.01. The molecule has 3 fully saturated rings. The number of carbonyl (C=O) groups is 2. The summed E-state index contributed by atoms with van der Waals surface area (Å²) in [5.41, 5.74) is -0.557. The van der Waals surface area contributed by atoms with E-state index in [4.69, 9.17) is 27.9 Å². The van der Waals surface area contributed by atoms with E-state index < -0.39 is 22.9 Å². The van der Waals surface area contributed by atoms with Crippen LogP contribution in [0.15, 0.2) is 42.5 Å². The molecule has 1 unspecified atom stereocenters. The minimum atomic E-state index is -0.869. The second kappa shape index (κ2) is 9.49. The van der Waals surface area contributed by atoms with Crippen LogP contribution < -0.4 is 15.4 Å². The number of halogens is 3. The van der Waals surface area contributed by atoms with Gasteiger partial charge in [-0.3, -0.25) is 9.59 Å². The molecule has 33 heavy (non-hydrogen) atoms. The molecule has 0 aliphatic heterocycles. The van der Waals surface area contributed by atoms with Crippen LogP contribution in [0, 0.1) is 11.2 Å². The number of fused-ring (bicyclic) bond motifs is 3. The largest absolute Gasteiger partial charge is 0.484 e. The van der Waals surface area contributed by atoms with Gasteiger partial charge in [-0.15, -0.1) is 0 Å². The van der Waals surface area contributed by atoms with Gasteiger partial charge in [0.25, 0.3) is 5.91 Å². The van der Waals surface area contributed by atoms with E-state index in [1.807, 2.05) is 12.1 Å². The Morgan fingerprint density at radius 2 is 1.88 bits per heavy atom. The molecule has 2 aromatic carbocycles. The Balaban J connectivity index is 1.32. The molecule has 1 atom stereocenters. The van der Waals surface area contributed by atoms with Crippen molar-refractivity contribution in [1.82, 2.24) is 10.6 Å². The SMILES string of the molecule is O=C(COc1ccc(Cl)c(F)c1)NC12CCC(C(=O)NCc3cccc(Cl)c3)(CC1)C(O)C2. The van der Waals surface area contributed by atoms with Crippen LogP contribution in [0.25, 0.3) is 0 Å². The summed E-state index contributed by atoms with van der Waals surface area (Å²) in [6.07, 6.45) is 1.52. The van der Waals surface area contributed by atoms with Gasteiger partial charge in [-0.25, -0.2) is 4.39 Å². The van der Waals surface area contributed by atoms with E-state index >= 15 is 0 Å². The van der Waals surface area contributed by atoms with Gasteiger partial charge in [-0.1, -0.05) is 35.3 Å². The van der Waals surface area contributed by atoms with Crippen LogP contribution in [-0.2, 0) is 16.1 Å². The summed E-state index contributed by atoms with van der Waals surface area (Å²) in [7, 11) is 0. The highest BCUT2D eigenvalue weighted by Crippen LogP contribution is 2.52. The highest BCUT2D eigenvalue weighted by Gasteiger charge is 2.58. The van der Waals surface area contributed by atoms with Gasteiger partial charge in [-0.2, -0.15) is 0 Å². The maximum absolute atomic E-state index is 13.5. The quantitative estimate of drug-likeness (QED) is 0.542. The van der Waals surface area contributed by atoms with Gasteiger partial charge in [0, 0.05) is 23.2 Å². The predicted molar refractivity (Wildman–Crippen MR) is 123 cm³/mol. The molecule has 176 valence electrons. The standard InChI is InChI=1S/C24H25Cl2FN2O4/c25-16-3-1-2-15(10-16)13-28-22(32)24-8-6-23(7-9-24,12-20(24)30)29-21(31)14-33-17-4-5-18(26)19(27)11-17/h1-5,10-11,20,30H,6-9,12-14H2,(H,28,32)(H,29,31). The summed E-state index contributed by atoms with van der Waals surface area (Å²) in [5, 5.41) is 17.4. The van der Waals surface area contributed by atoms with Crippen LogP contribution in [0.2, 0.25) is 10.0 Å². The fourth-order valence-corrected chi connectivity index (χ4v) is 5.22. The maximum atomic E-state index is 13.5. The molecule has 2 bridgehead atoms. The van der Waals surface area contributed by atoms with E-state index in [0.29, 0.717) is 43.7 Å². The Kier molecular flexibility index (Phi) is 6.84. The van der Waals surface area contributed by atoms with Crippen molar-refractivity contribution in [3.63, 3.8) is 0 Å². The lowest BCUT2D eigenvalue weighted by molar-refractivity contribution is -0.156. The van der Waals surface area contributed by atoms with Crippen LogP contribution in [0.5, 0.6) is 5.75 Å². The first-order chi connectivity index (χ1) is 15.7. The van der Waals surface area contributed by atoms with Gasteiger partial charge in [0.05, 0.1) is 16.5 Å². The van der Waals surface area contributed by atoms with Gasteiger partial charge in [0.1, 0.15) is 11.6 Å². The molecule has 0 aromatic heterocycles. The molecule has 6 nitrogen and oxygen atoms in total. The molecule has 0 radical (unpaired) electrons. The van der Waals surface area contributed by atoms with Crippen molar-refractivity contribution >= 4 is 35.0 Å². The number of nitrogens with one attached hydrogen (secondary N) is 2. The highest BCUT2D eigenvalue weighted by atomic mass is 35.5. The molecule has 3 aliphatic rings. The minimum Gasteiger partial charge on any atom is -0.484 e. The van der Waals surface area contributed by atoms with Crippen LogP contribution in [0.1, 0.15) is 37.7 Å². The molecule has 2 amide bonds. The average molecular weight is 495 g/mol. The second-order valence-corrected chi connectivity index (χ2v) is 9.73. The molecular weight excluding hydrogens is 470 g/mol. The summed E-state index contributed by atoms with van der Waals surface area (Å²) in [6, 6.07) is 11.2.